The van der Waals surface area contributed by atoms with Crippen LogP contribution in [-0.4, -0.2) is 51.4 Å². The Hall–Kier alpha value is -0.730. The molecule has 0 bridgehead atoms. The van der Waals surface area contributed by atoms with E-state index in [4.69, 9.17) is 16.3 Å². The molecular formula is C16H22ClFN2O3S. The predicted octanol–water partition coefficient (Wildman–Crippen LogP) is 2.01. The fraction of sp³-hybridized carbons (Fsp3) is 0.625. The molecule has 2 aliphatic heterocycles. The van der Waals surface area contributed by atoms with Crippen LogP contribution in [0.25, 0.3) is 0 Å². The number of nitrogens with one attached hydrogen (secondary N) is 1. The standard InChI is InChI=1S/C16H22ClFN2O3S/c1-24(21,22)19-6-4-13-5-7-23-16(13)10-20(11-16)9-12-2-3-14(17)15(18)8-12/h2-3,8,13,19H,4-7,9-11H2,1H3/t13-/m1/s1. The van der Waals surface area contributed by atoms with Gasteiger partial charge in [0.2, 0.25) is 10.0 Å². The summed E-state index contributed by atoms with van der Waals surface area (Å²) in [6.45, 7) is 3.40. The van der Waals surface area contributed by atoms with Crippen molar-refractivity contribution in [3.63, 3.8) is 0 Å². The zero-order valence-corrected chi connectivity index (χ0v) is 15.2. The van der Waals surface area contributed by atoms with Crippen molar-refractivity contribution in [1.82, 2.24) is 9.62 Å². The van der Waals surface area contributed by atoms with Crippen molar-refractivity contribution in [1.29, 1.82) is 0 Å². The Kier molecular flexibility index (Phi) is 5.18. The molecule has 1 spiro atoms. The van der Waals surface area contributed by atoms with Gasteiger partial charge in [-0.1, -0.05) is 17.7 Å². The molecule has 2 fully saturated rings. The van der Waals surface area contributed by atoms with Crippen LogP contribution in [0, 0.1) is 11.7 Å². The van der Waals surface area contributed by atoms with Gasteiger partial charge in [-0.25, -0.2) is 17.5 Å². The Bertz CT molecular complexity index is 707. The predicted molar refractivity (Wildman–Crippen MR) is 90.9 cm³/mol. The summed E-state index contributed by atoms with van der Waals surface area (Å²) in [4.78, 5) is 2.21. The number of sulfonamides is 1. The van der Waals surface area contributed by atoms with Crippen LogP contribution in [0.3, 0.4) is 0 Å². The maximum Gasteiger partial charge on any atom is 0.208 e. The molecule has 2 aliphatic rings. The Balaban J connectivity index is 1.52. The van der Waals surface area contributed by atoms with E-state index < -0.39 is 15.8 Å². The van der Waals surface area contributed by atoms with E-state index in [1.165, 1.54) is 12.3 Å². The van der Waals surface area contributed by atoms with Crippen molar-refractivity contribution in [3.05, 3.63) is 34.6 Å². The molecule has 8 heteroatoms. The number of ether oxygens (including phenoxy) is 1. The number of benzene rings is 1. The number of halogens is 2. The number of rotatable bonds is 6. The molecule has 1 N–H and O–H groups in total. The Morgan fingerprint density at radius 2 is 2.21 bits per heavy atom. The third-order valence-electron chi connectivity index (χ3n) is 4.83. The largest absolute Gasteiger partial charge is 0.372 e. The molecule has 1 aromatic rings. The van der Waals surface area contributed by atoms with E-state index in [1.54, 1.807) is 6.07 Å². The Morgan fingerprint density at radius 1 is 1.46 bits per heavy atom. The van der Waals surface area contributed by atoms with Gasteiger partial charge >= 0.3 is 0 Å². The van der Waals surface area contributed by atoms with Crippen molar-refractivity contribution >= 4 is 21.6 Å². The van der Waals surface area contributed by atoms with Crippen LogP contribution < -0.4 is 4.72 Å². The van der Waals surface area contributed by atoms with E-state index in [0.717, 1.165) is 31.5 Å². The first-order valence-corrected chi connectivity index (χ1v) is 10.3. The lowest BCUT2D eigenvalue weighted by Crippen LogP contribution is -2.64. The Labute approximate surface area is 147 Å². The smallest absolute Gasteiger partial charge is 0.208 e. The first-order chi connectivity index (χ1) is 11.3. The molecule has 0 unspecified atom stereocenters. The highest BCUT2D eigenvalue weighted by Crippen LogP contribution is 2.42. The average molecular weight is 377 g/mol. The van der Waals surface area contributed by atoms with Gasteiger partial charge in [0.25, 0.3) is 0 Å². The van der Waals surface area contributed by atoms with Crippen molar-refractivity contribution in [3.8, 4) is 0 Å². The molecule has 0 amide bonds. The number of likely N-dealkylation sites (tertiary alicyclic amines) is 1. The van der Waals surface area contributed by atoms with Gasteiger partial charge in [-0.2, -0.15) is 0 Å². The lowest BCUT2D eigenvalue weighted by molar-refractivity contribution is -0.136. The van der Waals surface area contributed by atoms with Crippen LogP contribution in [0.4, 0.5) is 4.39 Å². The highest BCUT2D eigenvalue weighted by molar-refractivity contribution is 7.88. The minimum atomic E-state index is -3.15. The number of nitrogens with zero attached hydrogens (tertiary/aromatic N) is 1. The lowest BCUT2D eigenvalue weighted by atomic mass is 9.79. The summed E-state index contributed by atoms with van der Waals surface area (Å²) in [7, 11) is -3.15. The van der Waals surface area contributed by atoms with Crippen LogP contribution >= 0.6 is 11.6 Å². The van der Waals surface area contributed by atoms with E-state index in [9.17, 15) is 12.8 Å². The first-order valence-electron chi connectivity index (χ1n) is 8.02. The highest BCUT2D eigenvalue weighted by Gasteiger charge is 2.52. The zero-order valence-electron chi connectivity index (χ0n) is 13.6. The summed E-state index contributed by atoms with van der Waals surface area (Å²) < 4.78 is 44.4. The van der Waals surface area contributed by atoms with E-state index >= 15 is 0 Å². The normalized spacial score (nSPS) is 23.5. The van der Waals surface area contributed by atoms with Gasteiger partial charge in [0, 0.05) is 32.8 Å². The van der Waals surface area contributed by atoms with Gasteiger partial charge in [0.05, 0.1) is 16.9 Å². The quantitative estimate of drug-likeness (QED) is 0.825. The molecule has 2 heterocycles. The van der Waals surface area contributed by atoms with E-state index in [-0.39, 0.29) is 10.6 Å². The van der Waals surface area contributed by atoms with Crippen LogP contribution in [0.5, 0.6) is 0 Å². The molecule has 1 aromatic carbocycles. The summed E-state index contributed by atoms with van der Waals surface area (Å²) in [6.07, 6.45) is 2.90. The average Bonchev–Trinajstić information content (AvgIpc) is 2.85. The maximum atomic E-state index is 13.5. The lowest BCUT2D eigenvalue weighted by Gasteiger charge is -2.50. The third-order valence-corrected chi connectivity index (χ3v) is 5.86. The molecule has 0 saturated carbocycles. The van der Waals surface area contributed by atoms with Gasteiger partial charge in [-0.3, -0.25) is 4.90 Å². The second-order valence-electron chi connectivity index (χ2n) is 6.75. The fourth-order valence-corrected chi connectivity index (χ4v) is 4.29. The molecule has 2 saturated heterocycles. The van der Waals surface area contributed by atoms with Crippen LogP contribution in [0.1, 0.15) is 18.4 Å². The van der Waals surface area contributed by atoms with Gasteiger partial charge in [0.1, 0.15) is 5.82 Å². The van der Waals surface area contributed by atoms with Gasteiger partial charge in [-0.05, 0) is 36.5 Å². The van der Waals surface area contributed by atoms with Crippen LogP contribution in [0.2, 0.25) is 5.02 Å². The highest BCUT2D eigenvalue weighted by atomic mass is 35.5. The van der Waals surface area contributed by atoms with Crippen molar-refractivity contribution in [2.24, 2.45) is 5.92 Å². The topological polar surface area (TPSA) is 58.6 Å². The monoisotopic (exact) mass is 376 g/mol. The van der Waals surface area contributed by atoms with E-state index in [0.29, 0.717) is 25.6 Å². The van der Waals surface area contributed by atoms with Gasteiger partial charge in [0.15, 0.2) is 0 Å². The Morgan fingerprint density at radius 3 is 2.88 bits per heavy atom. The fourth-order valence-electron chi connectivity index (χ4n) is 3.68. The third kappa shape index (κ3) is 4.08. The minimum absolute atomic E-state index is 0.136. The molecule has 3 rings (SSSR count). The van der Waals surface area contributed by atoms with Crippen molar-refractivity contribution in [2.75, 3.05) is 32.5 Å². The number of hydrogen-bond acceptors (Lipinski definition) is 4. The molecule has 134 valence electrons. The zero-order chi connectivity index (χ0) is 17.4. The van der Waals surface area contributed by atoms with E-state index in [2.05, 4.69) is 9.62 Å². The summed E-state index contributed by atoms with van der Waals surface area (Å²) in [6, 6.07) is 4.88. The summed E-state index contributed by atoms with van der Waals surface area (Å²) in [5.41, 5.74) is 0.712. The SMILES string of the molecule is CS(=O)(=O)NCC[C@@H]1CCOC12CN(Cc1ccc(Cl)c(F)c1)C2. The van der Waals surface area contributed by atoms with Gasteiger partial charge < -0.3 is 4.74 Å². The van der Waals surface area contributed by atoms with E-state index in [1.807, 2.05) is 6.07 Å². The summed E-state index contributed by atoms with van der Waals surface area (Å²) >= 11 is 5.71. The molecule has 0 aliphatic carbocycles. The second-order valence-corrected chi connectivity index (χ2v) is 8.99. The molecular weight excluding hydrogens is 355 g/mol. The molecule has 5 nitrogen and oxygen atoms in total. The minimum Gasteiger partial charge on any atom is -0.372 e. The number of hydrogen-bond donors (Lipinski definition) is 1. The first kappa shape index (κ1) is 18.1. The molecule has 24 heavy (non-hydrogen) atoms. The van der Waals surface area contributed by atoms with Crippen LogP contribution in [0.15, 0.2) is 18.2 Å². The summed E-state index contributed by atoms with van der Waals surface area (Å²) in [5, 5.41) is 0.136. The summed E-state index contributed by atoms with van der Waals surface area (Å²) in [5.74, 6) is -0.0452. The van der Waals surface area contributed by atoms with Crippen LogP contribution in [-0.2, 0) is 21.3 Å². The molecule has 0 aromatic heterocycles. The van der Waals surface area contributed by atoms with Crippen molar-refractivity contribution < 1.29 is 17.5 Å². The molecule has 1 atom stereocenters. The maximum absolute atomic E-state index is 13.5. The van der Waals surface area contributed by atoms with Crippen molar-refractivity contribution in [2.45, 2.75) is 25.0 Å². The molecule has 0 radical (unpaired) electrons. The van der Waals surface area contributed by atoms with Gasteiger partial charge in [-0.15, -0.1) is 0 Å². The second kappa shape index (κ2) is 6.88.